The van der Waals surface area contributed by atoms with Crippen molar-refractivity contribution in [2.45, 2.75) is 39.3 Å². The first kappa shape index (κ1) is 13.1. The van der Waals surface area contributed by atoms with Crippen molar-refractivity contribution in [3.63, 3.8) is 0 Å². The average Bonchev–Trinajstić information content (AvgIpc) is 2.73. The number of amides is 1. The molecule has 0 radical (unpaired) electrons. The zero-order chi connectivity index (χ0) is 12.8. The summed E-state index contributed by atoms with van der Waals surface area (Å²) >= 11 is 0. The largest absolute Gasteiger partial charge is 0.480 e. The molecule has 94 valence electrons. The summed E-state index contributed by atoms with van der Waals surface area (Å²) in [5, 5.41) is 18.5. The van der Waals surface area contributed by atoms with Crippen molar-refractivity contribution in [1.29, 1.82) is 0 Å². The van der Waals surface area contributed by atoms with E-state index < -0.39 is 5.97 Å². The van der Waals surface area contributed by atoms with Crippen LogP contribution in [0.15, 0.2) is 6.20 Å². The van der Waals surface area contributed by atoms with Gasteiger partial charge < -0.3 is 10.4 Å². The smallest absolute Gasteiger partial charge is 0.325 e. The Morgan fingerprint density at radius 1 is 1.47 bits per heavy atom. The lowest BCUT2D eigenvalue weighted by Gasteiger charge is -2.12. The Balaban J connectivity index is 2.63. The van der Waals surface area contributed by atoms with Crippen LogP contribution in [-0.2, 0) is 11.3 Å². The summed E-state index contributed by atoms with van der Waals surface area (Å²) in [5.74, 6) is -1.35. The zero-order valence-electron chi connectivity index (χ0n) is 9.88. The van der Waals surface area contributed by atoms with E-state index in [-0.39, 0.29) is 24.2 Å². The minimum absolute atomic E-state index is 0.104. The highest BCUT2D eigenvalue weighted by Gasteiger charge is 2.14. The highest BCUT2D eigenvalue weighted by molar-refractivity contribution is 5.92. The SMILES string of the molecule is CCC(CC)NC(=O)c1cn(CC(=O)O)nn1. The van der Waals surface area contributed by atoms with Crippen molar-refractivity contribution in [3.05, 3.63) is 11.9 Å². The van der Waals surface area contributed by atoms with E-state index in [9.17, 15) is 9.59 Å². The molecule has 1 aromatic rings. The monoisotopic (exact) mass is 240 g/mol. The second-order valence-electron chi connectivity index (χ2n) is 3.68. The van der Waals surface area contributed by atoms with Crippen molar-refractivity contribution in [2.75, 3.05) is 0 Å². The van der Waals surface area contributed by atoms with Crippen LogP contribution in [0.1, 0.15) is 37.2 Å². The lowest BCUT2D eigenvalue weighted by molar-refractivity contribution is -0.137. The Bertz CT molecular complexity index is 398. The highest BCUT2D eigenvalue weighted by Crippen LogP contribution is 1.99. The molecule has 1 amide bonds. The number of rotatable bonds is 6. The Kier molecular flexibility index (Phi) is 4.62. The third kappa shape index (κ3) is 3.86. The minimum Gasteiger partial charge on any atom is -0.480 e. The standard InChI is InChI=1S/C10H16N4O3/c1-3-7(4-2)11-10(17)8-5-14(13-12-8)6-9(15)16/h5,7H,3-4,6H2,1-2H3,(H,11,17)(H,15,16). The third-order valence-electron chi connectivity index (χ3n) is 2.39. The van der Waals surface area contributed by atoms with Gasteiger partial charge in [-0.05, 0) is 12.8 Å². The lowest BCUT2D eigenvalue weighted by atomic mass is 10.2. The van der Waals surface area contributed by atoms with Gasteiger partial charge in [0.1, 0.15) is 6.54 Å². The van der Waals surface area contributed by atoms with Gasteiger partial charge in [0.2, 0.25) is 0 Å². The van der Waals surface area contributed by atoms with E-state index in [1.807, 2.05) is 13.8 Å². The maximum Gasteiger partial charge on any atom is 0.325 e. The number of carboxylic acids is 1. The Labute approximate surface area is 98.8 Å². The molecule has 1 rings (SSSR count). The van der Waals surface area contributed by atoms with E-state index in [1.54, 1.807) is 0 Å². The molecule has 0 saturated heterocycles. The number of aromatic nitrogens is 3. The fourth-order valence-electron chi connectivity index (χ4n) is 1.37. The molecule has 0 bridgehead atoms. The number of carbonyl (C=O) groups is 2. The van der Waals surface area contributed by atoms with Crippen LogP contribution in [0.4, 0.5) is 0 Å². The molecule has 0 aliphatic rings. The Morgan fingerprint density at radius 2 is 2.12 bits per heavy atom. The van der Waals surface area contributed by atoms with Gasteiger partial charge >= 0.3 is 5.97 Å². The number of carbonyl (C=O) groups excluding carboxylic acids is 1. The number of nitrogens with one attached hydrogen (secondary N) is 1. The number of hydrogen-bond acceptors (Lipinski definition) is 4. The van der Waals surface area contributed by atoms with Crippen LogP contribution in [0.3, 0.4) is 0 Å². The number of aliphatic carboxylic acids is 1. The maximum absolute atomic E-state index is 11.7. The second kappa shape index (κ2) is 5.97. The van der Waals surface area contributed by atoms with Crippen LogP contribution in [-0.4, -0.2) is 38.0 Å². The van der Waals surface area contributed by atoms with Crippen LogP contribution in [0.25, 0.3) is 0 Å². The van der Waals surface area contributed by atoms with Gasteiger partial charge in [-0.2, -0.15) is 0 Å². The molecule has 1 heterocycles. The van der Waals surface area contributed by atoms with E-state index >= 15 is 0 Å². The van der Waals surface area contributed by atoms with Crippen LogP contribution in [0.5, 0.6) is 0 Å². The summed E-state index contributed by atoms with van der Waals surface area (Å²) in [6, 6.07) is 0.104. The maximum atomic E-state index is 11.7. The molecule has 17 heavy (non-hydrogen) atoms. The molecule has 7 nitrogen and oxygen atoms in total. The van der Waals surface area contributed by atoms with E-state index in [0.717, 1.165) is 17.5 Å². The summed E-state index contributed by atoms with van der Waals surface area (Å²) in [6.45, 7) is 3.66. The molecule has 0 aliphatic heterocycles. The van der Waals surface area contributed by atoms with E-state index in [1.165, 1.54) is 6.20 Å². The number of nitrogens with zero attached hydrogens (tertiary/aromatic N) is 3. The predicted octanol–water partition coefficient (Wildman–Crippen LogP) is 0.281. The van der Waals surface area contributed by atoms with Crippen LogP contribution in [0, 0.1) is 0 Å². The molecule has 0 saturated carbocycles. The van der Waals surface area contributed by atoms with Crippen LogP contribution >= 0.6 is 0 Å². The quantitative estimate of drug-likeness (QED) is 0.744. The number of carboxylic acid groups (broad SMARTS) is 1. The fraction of sp³-hybridized carbons (Fsp3) is 0.600. The predicted molar refractivity (Wildman–Crippen MR) is 59.5 cm³/mol. The summed E-state index contributed by atoms with van der Waals surface area (Å²) in [6.07, 6.45) is 3.00. The van der Waals surface area contributed by atoms with Gasteiger partial charge in [0, 0.05) is 6.04 Å². The van der Waals surface area contributed by atoms with E-state index in [2.05, 4.69) is 15.6 Å². The van der Waals surface area contributed by atoms with Gasteiger partial charge in [0.15, 0.2) is 5.69 Å². The Hall–Kier alpha value is -1.92. The van der Waals surface area contributed by atoms with Gasteiger partial charge in [0.25, 0.3) is 5.91 Å². The molecular formula is C10H16N4O3. The molecular weight excluding hydrogens is 224 g/mol. The first-order chi connectivity index (χ1) is 8.06. The van der Waals surface area contributed by atoms with Gasteiger partial charge in [-0.1, -0.05) is 19.1 Å². The van der Waals surface area contributed by atoms with Crippen molar-refractivity contribution >= 4 is 11.9 Å². The molecule has 7 heteroatoms. The summed E-state index contributed by atoms with van der Waals surface area (Å²) in [4.78, 5) is 22.1. The molecule has 0 aliphatic carbocycles. The summed E-state index contributed by atoms with van der Waals surface area (Å²) in [7, 11) is 0. The fourth-order valence-corrected chi connectivity index (χ4v) is 1.37. The topological polar surface area (TPSA) is 97.1 Å². The molecule has 0 aromatic carbocycles. The normalized spacial score (nSPS) is 10.5. The third-order valence-corrected chi connectivity index (χ3v) is 2.39. The van der Waals surface area contributed by atoms with Gasteiger partial charge in [-0.15, -0.1) is 5.10 Å². The highest BCUT2D eigenvalue weighted by atomic mass is 16.4. The van der Waals surface area contributed by atoms with Gasteiger partial charge in [-0.25, -0.2) is 4.68 Å². The molecule has 2 N–H and O–H groups in total. The average molecular weight is 240 g/mol. The van der Waals surface area contributed by atoms with E-state index in [4.69, 9.17) is 5.11 Å². The van der Waals surface area contributed by atoms with Gasteiger partial charge in [-0.3, -0.25) is 9.59 Å². The Morgan fingerprint density at radius 3 is 2.65 bits per heavy atom. The molecule has 1 aromatic heterocycles. The van der Waals surface area contributed by atoms with Crippen LogP contribution < -0.4 is 5.32 Å². The summed E-state index contributed by atoms with van der Waals surface area (Å²) < 4.78 is 1.12. The molecule has 0 fully saturated rings. The minimum atomic E-state index is -1.03. The summed E-state index contributed by atoms with van der Waals surface area (Å²) in [5.41, 5.74) is 0.137. The molecule has 0 atom stereocenters. The molecule has 0 unspecified atom stereocenters. The second-order valence-corrected chi connectivity index (χ2v) is 3.68. The van der Waals surface area contributed by atoms with Gasteiger partial charge in [0.05, 0.1) is 6.20 Å². The van der Waals surface area contributed by atoms with Crippen LogP contribution in [0.2, 0.25) is 0 Å². The van der Waals surface area contributed by atoms with Crippen molar-refractivity contribution in [1.82, 2.24) is 20.3 Å². The zero-order valence-corrected chi connectivity index (χ0v) is 9.88. The van der Waals surface area contributed by atoms with E-state index in [0.29, 0.717) is 0 Å². The first-order valence-electron chi connectivity index (χ1n) is 5.49. The number of hydrogen-bond donors (Lipinski definition) is 2. The molecule has 0 spiro atoms. The van der Waals surface area contributed by atoms with Crippen molar-refractivity contribution in [3.8, 4) is 0 Å². The van der Waals surface area contributed by atoms with Crippen molar-refractivity contribution < 1.29 is 14.7 Å². The lowest BCUT2D eigenvalue weighted by Crippen LogP contribution is -2.34. The van der Waals surface area contributed by atoms with Crippen molar-refractivity contribution in [2.24, 2.45) is 0 Å². The first-order valence-corrected chi connectivity index (χ1v) is 5.49.